The minimum Gasteiger partial charge on any atom is -0.494 e. The molecule has 2 aromatic rings. The van der Waals surface area contributed by atoms with Crippen LogP contribution in [0.25, 0.3) is 0 Å². The number of hydrogen-bond acceptors (Lipinski definition) is 8. The van der Waals surface area contributed by atoms with Gasteiger partial charge in [-0.1, -0.05) is 31.1 Å². The van der Waals surface area contributed by atoms with Gasteiger partial charge in [-0.25, -0.2) is 0 Å². The fourth-order valence-corrected chi connectivity index (χ4v) is 4.82. The number of nitrogens with zero attached hydrogens (tertiary/aromatic N) is 5. The lowest BCUT2D eigenvalue weighted by Crippen LogP contribution is -2.40. The van der Waals surface area contributed by atoms with E-state index in [0.29, 0.717) is 25.1 Å². The van der Waals surface area contributed by atoms with Crippen LogP contribution in [0.5, 0.6) is 5.75 Å². The van der Waals surface area contributed by atoms with Crippen LogP contribution in [0.3, 0.4) is 0 Å². The van der Waals surface area contributed by atoms with Gasteiger partial charge in [-0.3, -0.25) is 4.79 Å². The standard InChI is InChI=1S/C26H36N6O3/c1-18(2)24-29-26(35-30-24)31-14-11-19(12-15-31)5-4-16-34-22-9-7-20(8-10-22)23(28)25(33)32-13-3-6-21(32)17-27/h7-10,18-19,21,23H,3-6,11-16,28H2,1-2H3. The molecule has 1 amide bonds. The summed E-state index contributed by atoms with van der Waals surface area (Å²) in [5.41, 5.74) is 6.93. The topological polar surface area (TPSA) is 122 Å². The van der Waals surface area contributed by atoms with Crippen LogP contribution >= 0.6 is 0 Å². The molecule has 0 radical (unpaired) electrons. The first-order valence-electron chi connectivity index (χ1n) is 12.7. The zero-order valence-electron chi connectivity index (χ0n) is 20.7. The van der Waals surface area contributed by atoms with E-state index in [1.165, 1.54) is 0 Å². The summed E-state index contributed by atoms with van der Waals surface area (Å²) in [6.45, 7) is 7.27. The van der Waals surface area contributed by atoms with E-state index in [9.17, 15) is 10.1 Å². The van der Waals surface area contributed by atoms with Gasteiger partial charge in [-0.05, 0) is 62.1 Å². The number of carbonyl (C=O) groups is 1. The molecule has 3 heterocycles. The van der Waals surface area contributed by atoms with Crippen LogP contribution in [-0.2, 0) is 4.79 Å². The Kier molecular flexibility index (Phi) is 8.24. The van der Waals surface area contributed by atoms with Gasteiger partial charge in [0.2, 0.25) is 5.91 Å². The molecule has 2 aliphatic heterocycles. The van der Waals surface area contributed by atoms with Gasteiger partial charge in [-0.2, -0.15) is 10.2 Å². The molecule has 0 saturated carbocycles. The van der Waals surface area contributed by atoms with Gasteiger partial charge in [0.15, 0.2) is 5.82 Å². The van der Waals surface area contributed by atoms with Crippen molar-refractivity contribution in [3.8, 4) is 11.8 Å². The van der Waals surface area contributed by atoms with Crippen LogP contribution in [0.15, 0.2) is 28.8 Å². The molecule has 1 aromatic heterocycles. The third-order valence-corrected chi connectivity index (χ3v) is 7.05. The maximum Gasteiger partial charge on any atom is 0.324 e. The highest BCUT2D eigenvalue weighted by atomic mass is 16.5. The highest BCUT2D eigenvalue weighted by Gasteiger charge is 2.32. The minimum atomic E-state index is -0.756. The number of likely N-dealkylation sites (tertiary alicyclic amines) is 1. The fraction of sp³-hybridized carbons (Fsp3) is 0.615. The Morgan fingerprint density at radius 2 is 1.97 bits per heavy atom. The number of nitrogens with two attached hydrogens (primary N) is 1. The average Bonchev–Trinajstić information content (AvgIpc) is 3.57. The molecule has 9 heteroatoms. The summed E-state index contributed by atoms with van der Waals surface area (Å²) in [5, 5.41) is 13.3. The van der Waals surface area contributed by atoms with Crippen LogP contribution in [0, 0.1) is 17.2 Å². The lowest BCUT2D eigenvalue weighted by atomic mass is 9.92. The molecule has 35 heavy (non-hydrogen) atoms. The molecule has 0 aliphatic carbocycles. The summed E-state index contributed by atoms with van der Waals surface area (Å²) in [6, 6.07) is 9.13. The number of carbonyl (C=O) groups excluding carboxylic acids is 1. The second kappa shape index (κ2) is 11.5. The number of anilines is 1. The number of benzene rings is 1. The van der Waals surface area contributed by atoms with Crippen molar-refractivity contribution in [1.29, 1.82) is 5.26 Å². The van der Waals surface area contributed by atoms with Crippen molar-refractivity contribution >= 4 is 11.9 Å². The number of hydrogen-bond donors (Lipinski definition) is 1. The zero-order valence-corrected chi connectivity index (χ0v) is 20.7. The van der Waals surface area contributed by atoms with Crippen molar-refractivity contribution in [2.75, 3.05) is 31.1 Å². The first kappa shape index (κ1) is 25.0. The maximum atomic E-state index is 12.7. The van der Waals surface area contributed by atoms with E-state index in [0.717, 1.165) is 68.8 Å². The van der Waals surface area contributed by atoms with Gasteiger partial charge in [0, 0.05) is 25.6 Å². The molecule has 2 N–H and O–H groups in total. The Morgan fingerprint density at radius 1 is 1.23 bits per heavy atom. The molecule has 1 aromatic carbocycles. The van der Waals surface area contributed by atoms with E-state index in [-0.39, 0.29) is 17.9 Å². The fourth-order valence-electron chi connectivity index (χ4n) is 4.82. The first-order chi connectivity index (χ1) is 17.0. The van der Waals surface area contributed by atoms with Gasteiger partial charge in [0.25, 0.3) is 0 Å². The molecule has 188 valence electrons. The van der Waals surface area contributed by atoms with E-state index in [2.05, 4.69) is 35.0 Å². The second-order valence-corrected chi connectivity index (χ2v) is 9.88. The molecular weight excluding hydrogens is 444 g/mol. The molecule has 2 fully saturated rings. The molecule has 0 spiro atoms. The van der Waals surface area contributed by atoms with Crippen molar-refractivity contribution in [1.82, 2.24) is 15.0 Å². The third-order valence-electron chi connectivity index (χ3n) is 7.05. The number of aromatic nitrogens is 2. The predicted molar refractivity (Wildman–Crippen MR) is 132 cm³/mol. The molecular formula is C26H36N6O3. The Hall–Kier alpha value is -3.12. The molecule has 0 bridgehead atoms. The maximum absolute atomic E-state index is 12.7. The molecule has 2 aliphatic rings. The average molecular weight is 481 g/mol. The molecule has 2 atom stereocenters. The van der Waals surface area contributed by atoms with Crippen molar-refractivity contribution in [2.45, 2.75) is 70.4 Å². The van der Waals surface area contributed by atoms with Gasteiger partial charge in [0.05, 0.1) is 12.7 Å². The van der Waals surface area contributed by atoms with Crippen molar-refractivity contribution in [3.63, 3.8) is 0 Å². The Bertz CT molecular complexity index is 1010. The normalized spacial score (nSPS) is 19.7. The molecule has 9 nitrogen and oxygen atoms in total. The lowest BCUT2D eigenvalue weighted by Gasteiger charge is -2.30. The molecule has 2 saturated heterocycles. The van der Waals surface area contributed by atoms with Crippen molar-refractivity contribution in [3.05, 3.63) is 35.7 Å². The third kappa shape index (κ3) is 6.12. The van der Waals surface area contributed by atoms with E-state index in [1.807, 2.05) is 24.3 Å². The van der Waals surface area contributed by atoms with Gasteiger partial charge < -0.3 is 24.8 Å². The first-order valence-corrected chi connectivity index (χ1v) is 12.7. The highest BCUT2D eigenvalue weighted by Crippen LogP contribution is 2.27. The highest BCUT2D eigenvalue weighted by molar-refractivity contribution is 5.84. The minimum absolute atomic E-state index is 0.187. The number of ether oxygens (including phenoxy) is 1. The monoisotopic (exact) mass is 480 g/mol. The molecule has 4 rings (SSSR count). The summed E-state index contributed by atoms with van der Waals surface area (Å²) < 4.78 is 11.3. The van der Waals surface area contributed by atoms with E-state index in [4.69, 9.17) is 15.0 Å². The van der Waals surface area contributed by atoms with Crippen LogP contribution in [-0.4, -0.2) is 53.2 Å². The lowest BCUT2D eigenvalue weighted by molar-refractivity contribution is -0.132. The smallest absolute Gasteiger partial charge is 0.324 e. The van der Waals surface area contributed by atoms with Crippen LogP contribution < -0.4 is 15.4 Å². The van der Waals surface area contributed by atoms with E-state index in [1.54, 1.807) is 4.90 Å². The SMILES string of the molecule is CC(C)c1noc(N2CCC(CCCOc3ccc(C(N)C(=O)N4CCCC4C#N)cc3)CC2)n1. The summed E-state index contributed by atoms with van der Waals surface area (Å²) >= 11 is 0. The van der Waals surface area contributed by atoms with E-state index >= 15 is 0 Å². The Morgan fingerprint density at radius 3 is 2.63 bits per heavy atom. The second-order valence-electron chi connectivity index (χ2n) is 9.88. The van der Waals surface area contributed by atoms with Crippen molar-refractivity contribution < 1.29 is 14.1 Å². The quantitative estimate of drug-likeness (QED) is 0.538. The summed E-state index contributed by atoms with van der Waals surface area (Å²) in [7, 11) is 0. The van der Waals surface area contributed by atoms with E-state index < -0.39 is 6.04 Å². The summed E-state index contributed by atoms with van der Waals surface area (Å²) in [4.78, 5) is 21.0. The van der Waals surface area contributed by atoms with Gasteiger partial charge in [0.1, 0.15) is 17.8 Å². The molecule has 2 unspecified atom stereocenters. The zero-order chi connectivity index (χ0) is 24.8. The predicted octanol–water partition coefficient (Wildman–Crippen LogP) is 3.78. The Balaban J connectivity index is 1.16. The largest absolute Gasteiger partial charge is 0.494 e. The summed E-state index contributed by atoms with van der Waals surface area (Å²) in [5.74, 6) is 2.30. The number of amides is 1. The van der Waals surface area contributed by atoms with Crippen LogP contribution in [0.1, 0.15) is 75.7 Å². The number of nitriles is 1. The van der Waals surface area contributed by atoms with Crippen molar-refractivity contribution in [2.24, 2.45) is 11.7 Å². The van der Waals surface area contributed by atoms with Crippen LogP contribution in [0.4, 0.5) is 6.01 Å². The number of piperidine rings is 1. The van der Waals surface area contributed by atoms with Gasteiger partial charge in [-0.15, -0.1) is 0 Å². The summed E-state index contributed by atoms with van der Waals surface area (Å²) in [6.07, 6.45) is 5.92. The number of rotatable bonds is 9. The van der Waals surface area contributed by atoms with Gasteiger partial charge >= 0.3 is 6.01 Å². The Labute approximate surface area is 207 Å². The van der Waals surface area contributed by atoms with Crippen LogP contribution in [0.2, 0.25) is 0 Å².